The molecule has 0 spiro atoms. The highest BCUT2D eigenvalue weighted by Gasteiger charge is 2.25. The predicted molar refractivity (Wildman–Crippen MR) is 102 cm³/mol. The summed E-state index contributed by atoms with van der Waals surface area (Å²) in [6.07, 6.45) is 3.30. The number of imidazole rings is 1. The number of nitrogens with zero attached hydrogens (tertiary/aromatic N) is 4. The average Bonchev–Trinajstić information content (AvgIpc) is 2.95. The molecule has 0 aliphatic carbocycles. The summed E-state index contributed by atoms with van der Waals surface area (Å²) in [5.74, 6) is -0.521. The molecule has 0 aliphatic heterocycles. The van der Waals surface area contributed by atoms with Crippen LogP contribution in [0, 0.1) is 6.92 Å². The summed E-state index contributed by atoms with van der Waals surface area (Å²) in [5.41, 5.74) is 2.19. The maximum Gasteiger partial charge on any atom is 0.300 e. The molecule has 0 fully saturated rings. The fourth-order valence-corrected chi connectivity index (χ4v) is 3.12. The highest BCUT2D eigenvalue weighted by molar-refractivity contribution is 6.29. The van der Waals surface area contributed by atoms with E-state index in [1.165, 1.54) is 4.57 Å². The van der Waals surface area contributed by atoms with Crippen molar-refractivity contribution in [1.29, 1.82) is 0 Å². The van der Waals surface area contributed by atoms with Crippen LogP contribution in [0.15, 0.2) is 60.9 Å². The zero-order valence-electron chi connectivity index (χ0n) is 15.0. The van der Waals surface area contributed by atoms with Gasteiger partial charge in [-0.1, -0.05) is 29.8 Å². The molecule has 4 aromatic rings. The number of pyridine rings is 3. The molecule has 0 aromatic carbocycles. The van der Waals surface area contributed by atoms with Crippen LogP contribution in [0.4, 0.5) is 5.82 Å². The second kappa shape index (κ2) is 7.28. The lowest BCUT2D eigenvalue weighted by molar-refractivity contribution is -0.704. The minimum atomic E-state index is -0.516. The van der Waals surface area contributed by atoms with Gasteiger partial charge in [0.1, 0.15) is 23.4 Å². The Bertz CT molecular complexity index is 1170. The second-order valence-electron chi connectivity index (χ2n) is 6.28. The van der Waals surface area contributed by atoms with Gasteiger partial charge in [-0.25, -0.2) is 14.5 Å². The van der Waals surface area contributed by atoms with Crippen LogP contribution in [-0.2, 0) is 6.54 Å². The van der Waals surface area contributed by atoms with E-state index in [1.54, 1.807) is 53.2 Å². The number of aryl methyl sites for hydroxylation is 1. The van der Waals surface area contributed by atoms with E-state index in [4.69, 9.17) is 11.6 Å². The van der Waals surface area contributed by atoms with Crippen LogP contribution in [0.1, 0.15) is 21.7 Å². The van der Waals surface area contributed by atoms with Gasteiger partial charge in [-0.15, -0.1) is 0 Å². The zero-order valence-corrected chi connectivity index (χ0v) is 15.7. The van der Waals surface area contributed by atoms with Gasteiger partial charge in [-0.05, 0) is 31.2 Å². The Morgan fingerprint density at radius 2 is 2.07 bits per heavy atom. The van der Waals surface area contributed by atoms with E-state index < -0.39 is 11.8 Å². The number of carbonyl (C=O) groups excluding carboxylic acids is 1. The van der Waals surface area contributed by atoms with Gasteiger partial charge in [-0.2, -0.15) is 4.40 Å². The van der Waals surface area contributed by atoms with Gasteiger partial charge in [0.2, 0.25) is 5.69 Å². The lowest BCUT2D eigenvalue weighted by Crippen LogP contribution is -2.37. The minimum absolute atomic E-state index is 0.0147. The fourth-order valence-electron chi connectivity index (χ4n) is 3.01. The molecule has 4 rings (SSSR count). The van der Waals surface area contributed by atoms with E-state index in [9.17, 15) is 9.90 Å². The number of hydrogen-bond donors (Lipinski definition) is 1. The normalized spacial score (nSPS) is 10.9. The first-order valence-corrected chi connectivity index (χ1v) is 8.96. The molecule has 1 amide bonds. The zero-order chi connectivity index (χ0) is 19.7. The van der Waals surface area contributed by atoms with Gasteiger partial charge in [0.25, 0.3) is 11.6 Å². The first-order chi connectivity index (χ1) is 13.5. The number of amides is 1. The van der Waals surface area contributed by atoms with Crippen LogP contribution in [0.2, 0.25) is 5.15 Å². The number of aromatic nitrogens is 4. The third-order valence-corrected chi connectivity index (χ3v) is 4.50. The molecule has 0 saturated carbocycles. The van der Waals surface area contributed by atoms with Crippen molar-refractivity contribution in [2.75, 3.05) is 5.32 Å². The summed E-state index contributed by atoms with van der Waals surface area (Å²) >= 11 is 5.83. The second-order valence-corrected chi connectivity index (χ2v) is 6.66. The third-order valence-electron chi connectivity index (χ3n) is 4.28. The monoisotopic (exact) mass is 393 g/mol. The standard InChI is InChI=1S/C20H16ClN5O2/c1-13-5-4-6-16(23-13)24-19(27)18-20(28)26(17-7-2-3-10-25(17)18)12-14-8-9-15(21)22-11-14/h2-11H,12H2,1H3,(H-,23,24,27,28). The maximum absolute atomic E-state index is 13.1. The highest BCUT2D eigenvalue weighted by atomic mass is 35.5. The van der Waals surface area contributed by atoms with Crippen molar-refractivity contribution in [2.45, 2.75) is 13.5 Å². The van der Waals surface area contributed by atoms with E-state index in [1.807, 2.05) is 19.1 Å². The molecule has 140 valence electrons. The molecule has 4 aromatic heterocycles. The molecule has 28 heavy (non-hydrogen) atoms. The summed E-state index contributed by atoms with van der Waals surface area (Å²) in [7, 11) is 0. The Hall–Kier alpha value is -3.45. The molecule has 0 atom stereocenters. The molecule has 0 radical (unpaired) electrons. The summed E-state index contributed by atoms with van der Waals surface area (Å²) < 4.78 is 3.11. The molecule has 0 saturated heterocycles. The van der Waals surface area contributed by atoms with Gasteiger partial charge in [0.05, 0.1) is 6.20 Å². The van der Waals surface area contributed by atoms with E-state index in [-0.39, 0.29) is 12.2 Å². The average molecular weight is 394 g/mol. The number of halogens is 1. The molecular formula is C20H16ClN5O2. The largest absolute Gasteiger partial charge is 0.839 e. The Kier molecular flexibility index (Phi) is 4.67. The summed E-state index contributed by atoms with van der Waals surface area (Å²) in [4.78, 5) is 21.2. The van der Waals surface area contributed by atoms with E-state index in [0.717, 1.165) is 11.3 Å². The van der Waals surface area contributed by atoms with Crippen molar-refractivity contribution < 1.29 is 14.5 Å². The summed E-state index contributed by atoms with van der Waals surface area (Å²) in [6.45, 7) is 2.10. The van der Waals surface area contributed by atoms with Crippen LogP contribution in [-0.4, -0.2) is 20.3 Å². The van der Waals surface area contributed by atoms with Gasteiger partial charge in [-0.3, -0.25) is 4.79 Å². The number of anilines is 1. The van der Waals surface area contributed by atoms with Crippen LogP contribution in [0.3, 0.4) is 0 Å². The molecule has 7 nitrogen and oxygen atoms in total. The number of rotatable bonds is 4. The molecule has 0 aliphatic rings. The lowest BCUT2D eigenvalue weighted by Gasteiger charge is -2.08. The SMILES string of the molecule is Cc1cccc(NC(=O)c2c([O-])[n+](Cc3ccc(Cl)nc3)c3ccccn23)n1. The van der Waals surface area contributed by atoms with Gasteiger partial charge in [0, 0.05) is 23.5 Å². The maximum atomic E-state index is 13.1. The molecule has 1 N–H and O–H groups in total. The van der Waals surface area contributed by atoms with Crippen molar-refractivity contribution in [2.24, 2.45) is 0 Å². The Morgan fingerprint density at radius 1 is 1.21 bits per heavy atom. The van der Waals surface area contributed by atoms with Crippen molar-refractivity contribution in [3.05, 3.63) is 83.0 Å². The smallest absolute Gasteiger partial charge is 0.300 e. The summed E-state index contributed by atoms with van der Waals surface area (Å²) in [6, 6.07) is 14.1. The van der Waals surface area contributed by atoms with Gasteiger partial charge >= 0.3 is 0 Å². The predicted octanol–water partition coefficient (Wildman–Crippen LogP) is 2.35. The van der Waals surface area contributed by atoms with Crippen LogP contribution < -0.4 is 15.0 Å². The number of carbonyl (C=O) groups is 1. The molecule has 4 heterocycles. The first-order valence-electron chi connectivity index (χ1n) is 8.58. The molecule has 0 unspecified atom stereocenters. The van der Waals surface area contributed by atoms with E-state index in [2.05, 4.69) is 15.3 Å². The van der Waals surface area contributed by atoms with Crippen molar-refractivity contribution in [1.82, 2.24) is 14.4 Å². The summed E-state index contributed by atoms with van der Waals surface area (Å²) in [5, 5.41) is 16.2. The first kappa shape index (κ1) is 17.9. The number of fused-ring (bicyclic) bond motifs is 1. The number of nitrogens with one attached hydrogen (secondary N) is 1. The van der Waals surface area contributed by atoms with Crippen LogP contribution >= 0.6 is 11.6 Å². The van der Waals surface area contributed by atoms with Crippen LogP contribution in [0.5, 0.6) is 5.88 Å². The van der Waals surface area contributed by atoms with E-state index >= 15 is 0 Å². The Morgan fingerprint density at radius 3 is 2.82 bits per heavy atom. The van der Waals surface area contributed by atoms with Crippen molar-refractivity contribution >= 4 is 29.0 Å². The van der Waals surface area contributed by atoms with Gasteiger partial charge < -0.3 is 10.4 Å². The topological polar surface area (TPSA) is 86.2 Å². The Labute approximate surface area is 165 Å². The van der Waals surface area contributed by atoms with Gasteiger partial charge in [0.15, 0.2) is 0 Å². The third kappa shape index (κ3) is 3.39. The number of hydrogen-bond acceptors (Lipinski definition) is 4. The molecular weight excluding hydrogens is 378 g/mol. The fraction of sp³-hybridized carbons (Fsp3) is 0.100. The molecule has 8 heteroatoms. The molecule has 0 bridgehead atoms. The Balaban J connectivity index is 1.75. The van der Waals surface area contributed by atoms with Crippen molar-refractivity contribution in [3.63, 3.8) is 0 Å². The van der Waals surface area contributed by atoms with E-state index in [0.29, 0.717) is 16.6 Å². The quantitative estimate of drug-likeness (QED) is 0.426. The van der Waals surface area contributed by atoms with Crippen molar-refractivity contribution in [3.8, 4) is 5.88 Å². The highest BCUT2D eigenvalue weighted by Crippen LogP contribution is 2.17. The minimum Gasteiger partial charge on any atom is -0.839 e. The van der Waals surface area contributed by atoms with Crippen LogP contribution in [0.25, 0.3) is 5.65 Å². The lowest BCUT2D eigenvalue weighted by atomic mass is 10.3.